The summed E-state index contributed by atoms with van der Waals surface area (Å²) in [6.45, 7) is 3.68. The van der Waals surface area contributed by atoms with Gasteiger partial charge in [-0.1, -0.05) is 32.3 Å². The van der Waals surface area contributed by atoms with E-state index in [-0.39, 0.29) is 5.78 Å². The molecule has 1 N–H and O–H groups in total. The fourth-order valence-corrected chi connectivity index (χ4v) is 2.81. The number of aliphatic carboxylic acids is 1. The molecule has 1 unspecified atom stereocenters. The van der Waals surface area contributed by atoms with Crippen molar-refractivity contribution >= 4 is 11.8 Å². The monoisotopic (exact) mass is 304 g/mol. The summed E-state index contributed by atoms with van der Waals surface area (Å²) in [4.78, 5) is 22.9. The molecule has 0 heterocycles. The second-order valence-electron chi connectivity index (χ2n) is 5.95. The van der Waals surface area contributed by atoms with E-state index in [4.69, 9.17) is 9.84 Å². The lowest BCUT2D eigenvalue weighted by molar-refractivity contribution is -0.144. The zero-order chi connectivity index (χ0) is 16.1. The van der Waals surface area contributed by atoms with Gasteiger partial charge in [0.15, 0.2) is 11.9 Å². The molecule has 1 aromatic rings. The SMILES string of the molecule is CCCCCCc1cc2c(cc1OC(C)C(=O)O)C(=O)CC2. The first-order valence-corrected chi connectivity index (χ1v) is 8.11. The molecule has 0 fully saturated rings. The first-order chi connectivity index (χ1) is 10.5. The van der Waals surface area contributed by atoms with Crippen molar-refractivity contribution in [3.05, 3.63) is 28.8 Å². The predicted octanol–water partition coefficient (Wildman–Crippen LogP) is 3.79. The molecule has 0 saturated heterocycles. The van der Waals surface area contributed by atoms with E-state index in [1.165, 1.54) is 19.8 Å². The van der Waals surface area contributed by atoms with Crippen LogP contribution in [0.1, 0.15) is 67.4 Å². The Balaban J connectivity index is 2.21. The quantitative estimate of drug-likeness (QED) is 0.742. The van der Waals surface area contributed by atoms with E-state index in [0.717, 1.165) is 36.8 Å². The largest absolute Gasteiger partial charge is 0.479 e. The van der Waals surface area contributed by atoms with Gasteiger partial charge >= 0.3 is 5.97 Å². The Morgan fingerprint density at radius 2 is 2.05 bits per heavy atom. The van der Waals surface area contributed by atoms with Crippen molar-refractivity contribution in [3.8, 4) is 5.75 Å². The van der Waals surface area contributed by atoms with Crippen molar-refractivity contribution in [3.63, 3.8) is 0 Å². The fraction of sp³-hybridized carbons (Fsp3) is 0.556. The number of fused-ring (bicyclic) bond motifs is 1. The van der Waals surface area contributed by atoms with Gasteiger partial charge in [-0.3, -0.25) is 4.79 Å². The highest BCUT2D eigenvalue weighted by Crippen LogP contribution is 2.31. The fourth-order valence-electron chi connectivity index (χ4n) is 2.81. The number of hydrogen-bond acceptors (Lipinski definition) is 3. The number of unbranched alkanes of at least 4 members (excludes halogenated alkanes) is 3. The molecule has 1 atom stereocenters. The van der Waals surface area contributed by atoms with E-state index < -0.39 is 12.1 Å². The van der Waals surface area contributed by atoms with Gasteiger partial charge in [-0.15, -0.1) is 0 Å². The average molecular weight is 304 g/mol. The van der Waals surface area contributed by atoms with E-state index in [1.807, 2.05) is 6.07 Å². The minimum absolute atomic E-state index is 0.125. The number of Topliss-reactive ketones (excluding diaryl/α,β-unsaturated/α-hetero) is 1. The Kier molecular flexibility index (Phi) is 5.58. The van der Waals surface area contributed by atoms with Crippen LogP contribution >= 0.6 is 0 Å². The highest BCUT2D eigenvalue weighted by molar-refractivity contribution is 6.00. The Morgan fingerprint density at radius 3 is 2.73 bits per heavy atom. The topological polar surface area (TPSA) is 63.6 Å². The van der Waals surface area contributed by atoms with Gasteiger partial charge in [0, 0.05) is 12.0 Å². The minimum atomic E-state index is -0.997. The molecule has 1 aliphatic carbocycles. The van der Waals surface area contributed by atoms with Crippen molar-refractivity contribution < 1.29 is 19.4 Å². The Labute approximate surface area is 131 Å². The number of aryl methyl sites for hydroxylation is 2. The van der Waals surface area contributed by atoms with Crippen LogP contribution in [-0.2, 0) is 17.6 Å². The molecule has 2 rings (SSSR count). The maximum absolute atomic E-state index is 11.9. The third-order valence-electron chi connectivity index (χ3n) is 4.16. The standard InChI is InChI=1S/C18H24O4/c1-3-4-5-6-7-14-10-13-8-9-16(19)15(13)11-17(14)22-12(2)18(20)21/h10-12H,3-9H2,1-2H3,(H,20,21). The molecule has 4 heteroatoms. The molecule has 0 spiro atoms. The smallest absolute Gasteiger partial charge is 0.344 e. The van der Waals surface area contributed by atoms with E-state index in [1.54, 1.807) is 6.07 Å². The molecule has 0 saturated carbocycles. The van der Waals surface area contributed by atoms with Crippen molar-refractivity contribution in [1.29, 1.82) is 0 Å². The van der Waals surface area contributed by atoms with E-state index in [9.17, 15) is 9.59 Å². The molecule has 22 heavy (non-hydrogen) atoms. The molecule has 0 amide bonds. The van der Waals surface area contributed by atoms with Crippen LogP contribution in [0.4, 0.5) is 0 Å². The van der Waals surface area contributed by atoms with E-state index in [2.05, 4.69) is 6.92 Å². The van der Waals surface area contributed by atoms with Gasteiger partial charge in [0.25, 0.3) is 0 Å². The molecule has 0 radical (unpaired) electrons. The summed E-state index contributed by atoms with van der Waals surface area (Å²) >= 11 is 0. The van der Waals surface area contributed by atoms with Crippen LogP contribution in [0, 0.1) is 0 Å². The van der Waals surface area contributed by atoms with Gasteiger partial charge in [-0.2, -0.15) is 0 Å². The van der Waals surface area contributed by atoms with Crippen LogP contribution in [0.15, 0.2) is 12.1 Å². The summed E-state index contributed by atoms with van der Waals surface area (Å²) in [6.07, 6.45) is 5.86. The number of carboxylic acids is 1. The number of carboxylic acid groups (broad SMARTS) is 1. The number of rotatable bonds is 8. The second kappa shape index (κ2) is 7.43. The Bertz CT molecular complexity index is 562. The highest BCUT2D eigenvalue weighted by atomic mass is 16.5. The minimum Gasteiger partial charge on any atom is -0.479 e. The van der Waals surface area contributed by atoms with Gasteiger partial charge in [0.05, 0.1) is 0 Å². The number of carbonyl (C=O) groups excluding carboxylic acids is 1. The first kappa shape index (κ1) is 16.5. The summed E-state index contributed by atoms with van der Waals surface area (Å²) in [5.41, 5.74) is 2.80. The van der Waals surface area contributed by atoms with Gasteiger partial charge < -0.3 is 9.84 Å². The molecule has 0 aromatic heterocycles. The number of carbonyl (C=O) groups is 2. The van der Waals surface area contributed by atoms with Gasteiger partial charge in [0.2, 0.25) is 0 Å². The molecule has 120 valence electrons. The highest BCUT2D eigenvalue weighted by Gasteiger charge is 2.23. The van der Waals surface area contributed by atoms with Crippen molar-refractivity contribution in [2.75, 3.05) is 0 Å². The zero-order valence-corrected chi connectivity index (χ0v) is 13.4. The van der Waals surface area contributed by atoms with Crippen LogP contribution in [0.25, 0.3) is 0 Å². The summed E-state index contributed by atoms with van der Waals surface area (Å²) < 4.78 is 5.59. The van der Waals surface area contributed by atoms with Crippen LogP contribution < -0.4 is 4.74 Å². The lowest BCUT2D eigenvalue weighted by atomic mass is 10.00. The summed E-state index contributed by atoms with van der Waals surface area (Å²) in [6, 6.07) is 3.79. The maximum atomic E-state index is 11.9. The third-order valence-corrected chi connectivity index (χ3v) is 4.16. The van der Waals surface area contributed by atoms with Crippen LogP contribution in [0.2, 0.25) is 0 Å². The lowest BCUT2D eigenvalue weighted by Gasteiger charge is -2.16. The summed E-state index contributed by atoms with van der Waals surface area (Å²) in [5, 5.41) is 9.03. The van der Waals surface area contributed by atoms with E-state index >= 15 is 0 Å². The van der Waals surface area contributed by atoms with Gasteiger partial charge in [0.1, 0.15) is 5.75 Å². The molecule has 0 aliphatic heterocycles. The molecule has 4 nitrogen and oxygen atoms in total. The van der Waals surface area contributed by atoms with E-state index in [0.29, 0.717) is 17.7 Å². The third kappa shape index (κ3) is 3.87. The van der Waals surface area contributed by atoms with Crippen LogP contribution in [0.3, 0.4) is 0 Å². The van der Waals surface area contributed by atoms with Gasteiger partial charge in [-0.05, 0) is 43.4 Å². The van der Waals surface area contributed by atoms with Crippen molar-refractivity contribution in [2.24, 2.45) is 0 Å². The lowest BCUT2D eigenvalue weighted by Crippen LogP contribution is -2.23. The second-order valence-corrected chi connectivity index (χ2v) is 5.95. The Hall–Kier alpha value is -1.84. The zero-order valence-electron chi connectivity index (χ0n) is 13.4. The normalized spacial score (nSPS) is 14.7. The van der Waals surface area contributed by atoms with Gasteiger partial charge in [-0.25, -0.2) is 4.79 Å². The molecule has 1 aromatic carbocycles. The Morgan fingerprint density at radius 1 is 1.27 bits per heavy atom. The van der Waals surface area contributed by atoms with Crippen LogP contribution in [0.5, 0.6) is 5.75 Å². The average Bonchev–Trinajstić information content (AvgIpc) is 2.84. The molecular formula is C18H24O4. The van der Waals surface area contributed by atoms with Crippen molar-refractivity contribution in [1.82, 2.24) is 0 Å². The maximum Gasteiger partial charge on any atom is 0.344 e. The molecule has 1 aliphatic rings. The number of ether oxygens (including phenoxy) is 1. The molecule has 0 bridgehead atoms. The summed E-state index contributed by atoms with van der Waals surface area (Å²) in [5.74, 6) is -0.315. The number of benzene rings is 1. The number of ketones is 1. The number of hydrogen-bond donors (Lipinski definition) is 1. The summed E-state index contributed by atoms with van der Waals surface area (Å²) in [7, 11) is 0. The predicted molar refractivity (Wildman–Crippen MR) is 84.7 cm³/mol. The van der Waals surface area contributed by atoms with Crippen molar-refractivity contribution in [2.45, 2.75) is 64.9 Å². The first-order valence-electron chi connectivity index (χ1n) is 8.11. The van der Waals surface area contributed by atoms with Crippen LogP contribution in [-0.4, -0.2) is 23.0 Å². The molecular weight excluding hydrogens is 280 g/mol.